The maximum absolute atomic E-state index is 12.3. The molecular formula is C15H19N7OS. The molecule has 0 spiro atoms. The van der Waals surface area contributed by atoms with Gasteiger partial charge < -0.3 is 0 Å². The fourth-order valence-electron chi connectivity index (χ4n) is 3.18. The Balaban J connectivity index is 1.55. The Morgan fingerprint density at radius 2 is 2.33 bits per heavy atom. The van der Waals surface area contributed by atoms with Crippen molar-refractivity contribution in [3.05, 3.63) is 39.8 Å². The molecular weight excluding hydrogens is 326 g/mol. The second-order valence-corrected chi connectivity index (χ2v) is 7.05. The minimum absolute atomic E-state index is 0.0991. The van der Waals surface area contributed by atoms with E-state index in [-0.39, 0.29) is 5.56 Å². The average molecular weight is 345 g/mol. The molecule has 1 saturated heterocycles. The molecule has 9 heteroatoms. The predicted octanol–water partition coefficient (Wildman–Crippen LogP) is 0.969. The molecule has 1 unspecified atom stereocenters. The first-order chi connectivity index (χ1) is 11.7. The minimum atomic E-state index is -0.0991. The van der Waals surface area contributed by atoms with Crippen molar-refractivity contribution in [2.75, 3.05) is 6.54 Å². The fraction of sp³-hybridized carbons (Fsp3) is 0.533. The van der Waals surface area contributed by atoms with Crippen LogP contribution < -0.4 is 5.56 Å². The first kappa shape index (κ1) is 15.4. The van der Waals surface area contributed by atoms with Crippen molar-refractivity contribution in [1.29, 1.82) is 0 Å². The van der Waals surface area contributed by atoms with Gasteiger partial charge in [0.25, 0.3) is 5.56 Å². The maximum atomic E-state index is 12.3. The van der Waals surface area contributed by atoms with E-state index in [9.17, 15) is 4.79 Å². The first-order valence-electron chi connectivity index (χ1n) is 8.18. The van der Waals surface area contributed by atoms with E-state index >= 15 is 0 Å². The summed E-state index contributed by atoms with van der Waals surface area (Å²) in [5.74, 6) is 0. The molecule has 0 radical (unpaired) electrons. The van der Waals surface area contributed by atoms with E-state index in [1.807, 2.05) is 11.6 Å². The normalized spacial score (nSPS) is 18.6. The summed E-state index contributed by atoms with van der Waals surface area (Å²) in [5.41, 5.74) is 0.717. The third kappa shape index (κ3) is 2.96. The van der Waals surface area contributed by atoms with Crippen molar-refractivity contribution in [1.82, 2.24) is 34.3 Å². The molecule has 3 aromatic rings. The van der Waals surface area contributed by atoms with Gasteiger partial charge in [-0.3, -0.25) is 14.4 Å². The Morgan fingerprint density at radius 3 is 3.12 bits per heavy atom. The van der Waals surface area contributed by atoms with Crippen molar-refractivity contribution >= 4 is 16.3 Å². The third-order valence-corrected chi connectivity index (χ3v) is 5.42. The van der Waals surface area contributed by atoms with Crippen LogP contribution in [-0.2, 0) is 19.5 Å². The van der Waals surface area contributed by atoms with Gasteiger partial charge >= 0.3 is 0 Å². The van der Waals surface area contributed by atoms with Crippen LogP contribution in [0.5, 0.6) is 0 Å². The molecule has 0 aliphatic carbocycles. The van der Waals surface area contributed by atoms with E-state index in [4.69, 9.17) is 0 Å². The van der Waals surface area contributed by atoms with Crippen LogP contribution in [-0.4, -0.2) is 46.8 Å². The van der Waals surface area contributed by atoms with Crippen molar-refractivity contribution < 1.29 is 0 Å². The molecule has 1 atom stereocenters. The van der Waals surface area contributed by atoms with Crippen LogP contribution in [0.15, 0.2) is 23.5 Å². The molecule has 0 N–H and O–H groups in total. The quantitative estimate of drug-likeness (QED) is 0.685. The van der Waals surface area contributed by atoms with Crippen LogP contribution in [0.4, 0.5) is 0 Å². The van der Waals surface area contributed by atoms with Crippen molar-refractivity contribution in [2.24, 2.45) is 0 Å². The van der Waals surface area contributed by atoms with Gasteiger partial charge in [0.1, 0.15) is 17.7 Å². The molecule has 126 valence electrons. The molecule has 0 aromatic carbocycles. The smallest absolute Gasteiger partial charge is 0.275 e. The highest BCUT2D eigenvalue weighted by Crippen LogP contribution is 2.21. The van der Waals surface area contributed by atoms with E-state index in [0.717, 1.165) is 43.1 Å². The molecule has 3 aromatic heterocycles. The molecule has 1 aliphatic heterocycles. The Bertz CT molecular complexity index is 885. The van der Waals surface area contributed by atoms with Gasteiger partial charge in [-0.25, -0.2) is 9.97 Å². The van der Waals surface area contributed by atoms with Gasteiger partial charge in [-0.05, 0) is 25.8 Å². The van der Waals surface area contributed by atoms with Crippen LogP contribution in [0.1, 0.15) is 30.5 Å². The summed E-state index contributed by atoms with van der Waals surface area (Å²) in [6, 6.07) is 2.01. The topological polar surface area (TPSA) is 81.2 Å². The van der Waals surface area contributed by atoms with E-state index in [1.165, 1.54) is 15.9 Å². The summed E-state index contributed by atoms with van der Waals surface area (Å²) in [6.45, 7) is 4.55. The molecule has 0 saturated carbocycles. The van der Waals surface area contributed by atoms with Gasteiger partial charge in [-0.15, -0.1) is 0 Å². The van der Waals surface area contributed by atoms with E-state index < -0.39 is 0 Å². The Labute approximate surface area is 142 Å². The third-order valence-electron chi connectivity index (χ3n) is 4.37. The number of aromatic nitrogens is 6. The van der Waals surface area contributed by atoms with Gasteiger partial charge in [0.2, 0.25) is 4.96 Å². The van der Waals surface area contributed by atoms with Gasteiger partial charge in [0.05, 0.1) is 12.2 Å². The SMILES string of the molecule is CCc1nn2c(=O)cc(CN3CCCC3Cn3cncn3)nc2s1. The minimum Gasteiger partial charge on any atom is -0.293 e. The standard InChI is InChI=1S/C15H19N7OS/c1-2-13-19-22-14(23)6-11(18-15(22)24-13)7-20-5-3-4-12(20)8-21-10-16-9-17-21/h6,9-10,12H,2-5,7-8H2,1H3. The molecule has 24 heavy (non-hydrogen) atoms. The summed E-state index contributed by atoms with van der Waals surface area (Å²) in [4.78, 5) is 24.0. The highest BCUT2D eigenvalue weighted by molar-refractivity contribution is 7.16. The van der Waals surface area contributed by atoms with E-state index in [1.54, 1.807) is 18.7 Å². The Morgan fingerprint density at radius 1 is 1.42 bits per heavy atom. The first-order valence-corrected chi connectivity index (χ1v) is 8.99. The second-order valence-electron chi connectivity index (χ2n) is 6.01. The summed E-state index contributed by atoms with van der Waals surface area (Å²) < 4.78 is 3.27. The molecule has 1 aliphatic rings. The summed E-state index contributed by atoms with van der Waals surface area (Å²) in [6.07, 6.45) is 6.40. The lowest BCUT2D eigenvalue weighted by atomic mass is 10.2. The molecule has 8 nitrogen and oxygen atoms in total. The second kappa shape index (κ2) is 6.40. The van der Waals surface area contributed by atoms with E-state index in [2.05, 4.69) is 25.1 Å². The van der Waals surface area contributed by atoms with Gasteiger partial charge in [-0.1, -0.05) is 18.3 Å². The molecule has 0 amide bonds. The monoisotopic (exact) mass is 345 g/mol. The lowest BCUT2D eigenvalue weighted by Gasteiger charge is -2.23. The predicted molar refractivity (Wildman–Crippen MR) is 90.0 cm³/mol. The van der Waals surface area contributed by atoms with Gasteiger partial charge in [0.15, 0.2) is 0 Å². The Hall–Kier alpha value is -2.13. The number of hydrogen-bond acceptors (Lipinski definition) is 7. The van der Waals surface area contributed by atoms with Crippen LogP contribution in [0.2, 0.25) is 0 Å². The molecule has 4 rings (SSSR count). The molecule has 1 fully saturated rings. The van der Waals surface area contributed by atoms with Crippen LogP contribution in [0.3, 0.4) is 0 Å². The number of likely N-dealkylation sites (tertiary alicyclic amines) is 1. The van der Waals surface area contributed by atoms with Crippen molar-refractivity contribution in [3.8, 4) is 0 Å². The van der Waals surface area contributed by atoms with Gasteiger partial charge in [0, 0.05) is 18.7 Å². The lowest BCUT2D eigenvalue weighted by Crippen LogP contribution is -2.33. The number of fused-ring (bicyclic) bond motifs is 1. The highest BCUT2D eigenvalue weighted by Gasteiger charge is 2.25. The number of aryl methyl sites for hydroxylation is 1. The molecule has 4 heterocycles. The zero-order valence-corrected chi connectivity index (χ0v) is 14.3. The zero-order chi connectivity index (χ0) is 16.5. The summed E-state index contributed by atoms with van der Waals surface area (Å²) >= 11 is 1.49. The van der Waals surface area contributed by atoms with Crippen molar-refractivity contribution in [2.45, 2.75) is 45.3 Å². The lowest BCUT2D eigenvalue weighted by molar-refractivity contribution is 0.216. The molecule has 0 bridgehead atoms. The maximum Gasteiger partial charge on any atom is 0.275 e. The highest BCUT2D eigenvalue weighted by atomic mass is 32.1. The number of rotatable bonds is 5. The average Bonchev–Trinajstić information content (AvgIpc) is 3.29. The van der Waals surface area contributed by atoms with E-state index in [0.29, 0.717) is 17.5 Å². The summed E-state index contributed by atoms with van der Waals surface area (Å²) in [5, 5.41) is 9.42. The van der Waals surface area contributed by atoms with Gasteiger partial charge in [-0.2, -0.15) is 14.7 Å². The van der Waals surface area contributed by atoms with Crippen LogP contribution >= 0.6 is 11.3 Å². The van der Waals surface area contributed by atoms with Crippen LogP contribution in [0, 0.1) is 0 Å². The number of hydrogen-bond donors (Lipinski definition) is 0. The zero-order valence-electron chi connectivity index (χ0n) is 13.5. The largest absolute Gasteiger partial charge is 0.293 e. The van der Waals surface area contributed by atoms with Crippen LogP contribution in [0.25, 0.3) is 4.96 Å². The Kier molecular flexibility index (Phi) is 4.11. The number of nitrogens with zero attached hydrogens (tertiary/aromatic N) is 7. The summed E-state index contributed by atoms with van der Waals surface area (Å²) in [7, 11) is 0. The fourth-order valence-corrected chi connectivity index (χ4v) is 4.04. The van der Waals surface area contributed by atoms with Crippen molar-refractivity contribution in [3.63, 3.8) is 0 Å².